The average molecular weight is 355 g/mol. The highest BCUT2D eigenvalue weighted by Crippen LogP contribution is 2.33. The molecule has 0 unspecified atom stereocenters. The van der Waals surface area contributed by atoms with Crippen LogP contribution in [0.5, 0.6) is 5.75 Å². The Labute approximate surface area is 147 Å². The Kier molecular flexibility index (Phi) is 4.85. The maximum atomic E-state index is 12.3. The van der Waals surface area contributed by atoms with Crippen molar-refractivity contribution in [2.24, 2.45) is 0 Å². The van der Waals surface area contributed by atoms with E-state index in [0.29, 0.717) is 35.1 Å². The number of aliphatic hydroxyl groups is 1. The van der Waals surface area contributed by atoms with Crippen LogP contribution in [0.15, 0.2) is 47.3 Å². The van der Waals surface area contributed by atoms with Crippen LogP contribution in [0.2, 0.25) is 0 Å². The monoisotopic (exact) mass is 355 g/mol. The summed E-state index contributed by atoms with van der Waals surface area (Å²) in [4.78, 5) is 26.1. The fourth-order valence-corrected chi connectivity index (χ4v) is 2.72. The molecule has 0 saturated carbocycles. The number of aromatic amines is 1. The number of hydrogen-bond donors (Lipinski definition) is 4. The van der Waals surface area contributed by atoms with Gasteiger partial charge in [0.15, 0.2) is 5.75 Å². The van der Waals surface area contributed by atoms with Crippen LogP contribution >= 0.6 is 0 Å². The maximum Gasteiger partial charge on any atom is 0.292 e. The highest BCUT2D eigenvalue weighted by atomic mass is 16.6. The molecule has 0 amide bonds. The number of para-hydroxylation sites is 1. The number of fused-ring (bicyclic) bond motifs is 1. The molecule has 8 nitrogen and oxygen atoms in total. The smallest absolute Gasteiger partial charge is 0.292 e. The zero-order valence-corrected chi connectivity index (χ0v) is 13.7. The van der Waals surface area contributed by atoms with E-state index in [2.05, 4.69) is 10.3 Å². The number of nitro benzene ring substituents is 1. The number of hydrogen-bond acceptors (Lipinski definition) is 6. The largest absolute Gasteiger partial charge is 0.503 e. The topological polar surface area (TPSA) is 128 Å². The summed E-state index contributed by atoms with van der Waals surface area (Å²) in [5, 5.41) is 33.7. The molecule has 26 heavy (non-hydrogen) atoms. The first-order chi connectivity index (χ1) is 12.5. The number of H-pyrrole nitrogens is 1. The molecule has 134 valence electrons. The van der Waals surface area contributed by atoms with Gasteiger partial charge in [-0.05, 0) is 24.6 Å². The zero-order chi connectivity index (χ0) is 18.7. The zero-order valence-electron chi connectivity index (χ0n) is 13.7. The number of nitrogens with one attached hydrogen (secondary N) is 2. The van der Waals surface area contributed by atoms with Gasteiger partial charge in [0.25, 0.3) is 5.69 Å². The Morgan fingerprint density at radius 1 is 1.19 bits per heavy atom. The van der Waals surface area contributed by atoms with Crippen LogP contribution in [0.3, 0.4) is 0 Å². The van der Waals surface area contributed by atoms with Gasteiger partial charge in [0.1, 0.15) is 5.69 Å². The second-order valence-electron chi connectivity index (χ2n) is 5.72. The summed E-state index contributed by atoms with van der Waals surface area (Å²) >= 11 is 0. The van der Waals surface area contributed by atoms with Crippen LogP contribution < -0.4 is 10.7 Å². The molecule has 0 aliphatic heterocycles. The molecule has 1 heterocycles. The molecule has 0 fully saturated rings. The van der Waals surface area contributed by atoms with E-state index in [9.17, 15) is 20.0 Å². The van der Waals surface area contributed by atoms with Gasteiger partial charge >= 0.3 is 0 Å². The van der Waals surface area contributed by atoms with Gasteiger partial charge in [-0.15, -0.1) is 0 Å². The molecule has 1 aromatic heterocycles. The van der Waals surface area contributed by atoms with E-state index in [1.807, 2.05) is 0 Å². The van der Waals surface area contributed by atoms with Crippen molar-refractivity contribution in [2.45, 2.75) is 6.42 Å². The van der Waals surface area contributed by atoms with E-state index in [4.69, 9.17) is 5.11 Å². The van der Waals surface area contributed by atoms with Crippen LogP contribution in [-0.2, 0) is 0 Å². The lowest BCUT2D eigenvalue weighted by atomic mass is 10.1. The van der Waals surface area contributed by atoms with Crippen molar-refractivity contribution < 1.29 is 15.1 Å². The predicted octanol–water partition coefficient (Wildman–Crippen LogP) is 2.60. The number of aromatic nitrogens is 1. The number of benzene rings is 2. The summed E-state index contributed by atoms with van der Waals surface area (Å²) in [6, 6.07) is 11.1. The molecule has 3 rings (SSSR count). The normalized spacial score (nSPS) is 10.8. The molecule has 0 spiro atoms. The average Bonchev–Trinajstić information content (AvgIpc) is 2.65. The third kappa shape index (κ3) is 3.22. The molecular weight excluding hydrogens is 338 g/mol. The Morgan fingerprint density at radius 2 is 1.96 bits per heavy atom. The summed E-state index contributed by atoms with van der Waals surface area (Å²) in [6.45, 7) is 0.361. The van der Waals surface area contributed by atoms with Gasteiger partial charge < -0.3 is 20.5 Å². The number of rotatable bonds is 6. The third-order valence-electron chi connectivity index (χ3n) is 4.02. The third-order valence-corrected chi connectivity index (χ3v) is 4.02. The van der Waals surface area contributed by atoms with Crippen molar-refractivity contribution in [3.63, 3.8) is 0 Å². The van der Waals surface area contributed by atoms with Crippen LogP contribution in [0.4, 0.5) is 11.4 Å². The van der Waals surface area contributed by atoms with Crippen molar-refractivity contribution in [3.05, 3.63) is 62.8 Å². The molecule has 0 aliphatic carbocycles. The van der Waals surface area contributed by atoms with Crippen LogP contribution in [0.25, 0.3) is 22.2 Å². The van der Waals surface area contributed by atoms with E-state index in [-0.39, 0.29) is 18.0 Å². The lowest BCUT2D eigenvalue weighted by molar-refractivity contribution is -0.383. The Bertz CT molecular complexity index is 1030. The highest BCUT2D eigenvalue weighted by molar-refractivity contribution is 5.85. The van der Waals surface area contributed by atoms with Gasteiger partial charge in [-0.1, -0.05) is 18.2 Å². The van der Waals surface area contributed by atoms with Crippen LogP contribution in [-0.4, -0.2) is 33.3 Å². The number of aromatic hydroxyl groups is 1. The number of aliphatic hydroxyl groups excluding tert-OH is 1. The van der Waals surface area contributed by atoms with Crippen LogP contribution in [0.1, 0.15) is 6.42 Å². The Morgan fingerprint density at radius 3 is 2.69 bits per heavy atom. The molecule has 0 bridgehead atoms. The Balaban J connectivity index is 2.11. The van der Waals surface area contributed by atoms with Gasteiger partial charge in [-0.25, -0.2) is 0 Å². The molecule has 4 N–H and O–H groups in total. The summed E-state index contributed by atoms with van der Waals surface area (Å²) in [6.07, 6.45) is 0.456. The van der Waals surface area contributed by atoms with Gasteiger partial charge in [-0.2, -0.15) is 0 Å². The van der Waals surface area contributed by atoms with Crippen molar-refractivity contribution in [1.29, 1.82) is 0 Å². The molecule has 0 saturated heterocycles. The summed E-state index contributed by atoms with van der Waals surface area (Å²) in [7, 11) is 0. The summed E-state index contributed by atoms with van der Waals surface area (Å²) < 4.78 is 0. The molecule has 0 radical (unpaired) electrons. The molecule has 0 aliphatic rings. The van der Waals surface area contributed by atoms with E-state index in [0.717, 1.165) is 0 Å². The first-order valence-electron chi connectivity index (χ1n) is 8.00. The molecule has 0 atom stereocenters. The summed E-state index contributed by atoms with van der Waals surface area (Å²) in [5.74, 6) is -0.487. The molecular formula is C18H17N3O5. The lowest BCUT2D eigenvalue weighted by Gasteiger charge is -2.10. The van der Waals surface area contributed by atoms with Gasteiger partial charge in [0, 0.05) is 35.7 Å². The minimum Gasteiger partial charge on any atom is -0.503 e. The lowest BCUT2D eigenvalue weighted by Crippen LogP contribution is -2.07. The van der Waals surface area contributed by atoms with Crippen molar-refractivity contribution in [3.8, 4) is 17.0 Å². The molecule has 8 heteroatoms. The summed E-state index contributed by atoms with van der Waals surface area (Å²) in [5.41, 5.74) is 0.549. The molecule has 3 aromatic rings. The first-order valence-corrected chi connectivity index (χ1v) is 8.00. The fourth-order valence-electron chi connectivity index (χ4n) is 2.72. The van der Waals surface area contributed by atoms with Crippen molar-refractivity contribution in [1.82, 2.24) is 4.98 Å². The SMILES string of the molecule is O=c1c(O)c(-c2ccc(NCCCO)c([N+](=O)[O-])c2)[nH]c2ccccc12. The van der Waals surface area contributed by atoms with E-state index in [1.54, 1.807) is 30.3 Å². The van der Waals surface area contributed by atoms with E-state index < -0.39 is 16.1 Å². The number of pyridine rings is 1. The minimum absolute atomic E-state index is 0.0227. The first kappa shape index (κ1) is 17.4. The standard InChI is InChI=1S/C18H17N3O5/c22-9-3-8-19-14-7-6-11(10-15(14)21(25)26)16-18(24)17(23)12-4-1-2-5-13(12)20-16/h1-2,4-7,10,19,22,24H,3,8-9H2,(H,20,23). The quantitative estimate of drug-likeness (QED) is 0.306. The second kappa shape index (κ2) is 7.24. The second-order valence-corrected chi connectivity index (χ2v) is 5.72. The van der Waals surface area contributed by atoms with Crippen molar-refractivity contribution >= 4 is 22.3 Å². The van der Waals surface area contributed by atoms with Crippen molar-refractivity contribution in [2.75, 3.05) is 18.5 Å². The highest BCUT2D eigenvalue weighted by Gasteiger charge is 2.18. The Hall–Kier alpha value is -3.39. The van der Waals surface area contributed by atoms with Gasteiger partial charge in [0.05, 0.1) is 10.6 Å². The number of nitro groups is 1. The minimum atomic E-state index is -0.541. The fraction of sp³-hybridized carbons (Fsp3) is 0.167. The van der Waals surface area contributed by atoms with E-state index >= 15 is 0 Å². The van der Waals surface area contributed by atoms with Crippen LogP contribution in [0, 0.1) is 10.1 Å². The molecule has 2 aromatic carbocycles. The van der Waals surface area contributed by atoms with Gasteiger partial charge in [-0.3, -0.25) is 14.9 Å². The van der Waals surface area contributed by atoms with E-state index in [1.165, 1.54) is 12.1 Å². The van der Waals surface area contributed by atoms with Gasteiger partial charge in [0.2, 0.25) is 5.43 Å². The predicted molar refractivity (Wildman–Crippen MR) is 98.5 cm³/mol. The number of nitrogens with zero attached hydrogens (tertiary/aromatic N) is 1. The maximum absolute atomic E-state index is 12.3. The number of anilines is 1.